The number of hydrogen-bond acceptors (Lipinski definition) is 2. The molecule has 0 N–H and O–H groups in total. The second kappa shape index (κ2) is 2.76. The Morgan fingerprint density at radius 2 is 1.67 bits per heavy atom. The Hall–Kier alpha value is 0.0200. The quantitative estimate of drug-likeness (QED) is 0.610. The molecule has 1 rings (SSSR count). The molecule has 1 nitrogen and oxygen atoms in total. The number of aliphatic imine (C=N–C) groups is 1. The Bertz CT molecular complexity index is 214. The normalized spacial score (nSPS) is 26.1. The van der Waals surface area contributed by atoms with Gasteiger partial charge < -0.3 is 0 Å². The fourth-order valence-electron chi connectivity index (χ4n) is 1.07. The third-order valence-corrected chi connectivity index (χ3v) is 4.50. The summed E-state index contributed by atoms with van der Waals surface area (Å²) in [6, 6.07) is 0. The highest BCUT2D eigenvalue weighted by atomic mass is 32.2. The van der Waals surface area contributed by atoms with Crippen molar-refractivity contribution >= 4 is 16.8 Å². The monoisotopic (exact) mass is 185 g/mol. The van der Waals surface area contributed by atoms with Gasteiger partial charge in [-0.3, -0.25) is 4.99 Å². The molecule has 0 bridgehead atoms. The number of hydrogen-bond donors (Lipinski definition) is 0. The van der Waals surface area contributed by atoms with Crippen molar-refractivity contribution in [2.45, 2.75) is 51.8 Å². The van der Waals surface area contributed by atoms with Gasteiger partial charge in [-0.05, 0) is 27.7 Å². The van der Waals surface area contributed by atoms with Crippen LogP contribution in [0.4, 0.5) is 0 Å². The molecule has 0 aromatic carbocycles. The average Bonchev–Trinajstić information content (AvgIpc) is 2.03. The minimum atomic E-state index is 0.0945. The predicted molar refractivity (Wildman–Crippen MR) is 58.0 cm³/mol. The van der Waals surface area contributed by atoms with Crippen molar-refractivity contribution in [2.75, 3.05) is 0 Å². The lowest BCUT2D eigenvalue weighted by Gasteiger charge is -2.31. The molecule has 0 unspecified atom stereocenters. The summed E-state index contributed by atoms with van der Waals surface area (Å²) in [5.41, 5.74) is 0.0945. The van der Waals surface area contributed by atoms with Crippen LogP contribution >= 0.6 is 11.8 Å². The fraction of sp³-hybridized carbons (Fsp3) is 0.900. The SMILES string of the molecule is CC(C)C1=NC(C)(C)C(C)(C)S1. The number of rotatable bonds is 1. The molecule has 0 spiro atoms. The van der Waals surface area contributed by atoms with Gasteiger partial charge in [0.1, 0.15) is 0 Å². The first-order valence-corrected chi connectivity index (χ1v) is 5.37. The first-order valence-electron chi connectivity index (χ1n) is 4.55. The zero-order valence-corrected chi connectivity index (χ0v) is 9.75. The summed E-state index contributed by atoms with van der Waals surface area (Å²) in [5.74, 6) is 0.580. The van der Waals surface area contributed by atoms with Gasteiger partial charge in [-0.15, -0.1) is 11.8 Å². The van der Waals surface area contributed by atoms with E-state index in [0.29, 0.717) is 5.92 Å². The molecule has 0 amide bonds. The van der Waals surface area contributed by atoms with Crippen LogP contribution in [-0.2, 0) is 0 Å². The summed E-state index contributed by atoms with van der Waals surface area (Å²) in [6.45, 7) is 13.4. The molecule has 1 aliphatic heterocycles. The average molecular weight is 185 g/mol. The van der Waals surface area contributed by atoms with E-state index in [1.165, 1.54) is 5.04 Å². The van der Waals surface area contributed by atoms with Crippen LogP contribution in [0.3, 0.4) is 0 Å². The summed E-state index contributed by atoms with van der Waals surface area (Å²) < 4.78 is 0.257. The van der Waals surface area contributed by atoms with E-state index >= 15 is 0 Å². The van der Waals surface area contributed by atoms with E-state index in [4.69, 9.17) is 4.99 Å². The van der Waals surface area contributed by atoms with E-state index in [2.05, 4.69) is 41.5 Å². The Kier molecular flexibility index (Phi) is 2.32. The van der Waals surface area contributed by atoms with Gasteiger partial charge in [0.05, 0.1) is 10.6 Å². The maximum absolute atomic E-state index is 4.75. The van der Waals surface area contributed by atoms with E-state index in [1.54, 1.807) is 0 Å². The van der Waals surface area contributed by atoms with Crippen molar-refractivity contribution in [2.24, 2.45) is 10.9 Å². The highest BCUT2D eigenvalue weighted by Gasteiger charge is 2.44. The van der Waals surface area contributed by atoms with Crippen LogP contribution in [0, 0.1) is 5.92 Å². The zero-order valence-electron chi connectivity index (χ0n) is 8.93. The van der Waals surface area contributed by atoms with E-state index < -0.39 is 0 Å². The van der Waals surface area contributed by atoms with Crippen LogP contribution in [0.25, 0.3) is 0 Å². The van der Waals surface area contributed by atoms with Crippen LogP contribution in [0.5, 0.6) is 0 Å². The highest BCUT2D eigenvalue weighted by molar-refractivity contribution is 8.15. The van der Waals surface area contributed by atoms with E-state index in [1.807, 2.05) is 11.8 Å². The Morgan fingerprint density at radius 3 is 1.83 bits per heavy atom. The molecule has 0 saturated carbocycles. The molecule has 12 heavy (non-hydrogen) atoms. The lowest BCUT2D eigenvalue weighted by Crippen LogP contribution is -2.36. The molecule has 0 atom stereocenters. The standard InChI is InChI=1S/C10H19NS/c1-7(2)8-11-9(3,4)10(5,6)12-8/h7H,1-6H3. The van der Waals surface area contributed by atoms with Crippen LogP contribution in [-0.4, -0.2) is 15.3 Å². The van der Waals surface area contributed by atoms with E-state index in [0.717, 1.165) is 0 Å². The number of thioether (sulfide) groups is 1. The second-order valence-corrected chi connectivity index (χ2v) is 6.42. The summed E-state index contributed by atoms with van der Waals surface area (Å²) in [4.78, 5) is 4.75. The first-order chi connectivity index (χ1) is 5.26. The molecule has 0 fully saturated rings. The van der Waals surface area contributed by atoms with Crippen LogP contribution in [0.2, 0.25) is 0 Å². The van der Waals surface area contributed by atoms with Crippen LogP contribution < -0.4 is 0 Å². The highest BCUT2D eigenvalue weighted by Crippen LogP contribution is 2.46. The van der Waals surface area contributed by atoms with Gasteiger partial charge in [0.15, 0.2) is 0 Å². The lowest BCUT2D eigenvalue weighted by molar-refractivity contribution is 0.425. The predicted octanol–water partition coefficient (Wildman–Crippen LogP) is 3.34. The van der Waals surface area contributed by atoms with Gasteiger partial charge >= 0.3 is 0 Å². The summed E-state index contributed by atoms with van der Waals surface area (Å²) in [5, 5.41) is 1.31. The Morgan fingerprint density at radius 1 is 1.17 bits per heavy atom. The molecule has 1 heterocycles. The largest absolute Gasteiger partial charge is 0.275 e. The van der Waals surface area contributed by atoms with Crippen molar-refractivity contribution < 1.29 is 0 Å². The molecule has 1 aliphatic rings. The Balaban J connectivity index is 2.90. The van der Waals surface area contributed by atoms with Gasteiger partial charge in [0.2, 0.25) is 0 Å². The van der Waals surface area contributed by atoms with Gasteiger partial charge in [0.25, 0.3) is 0 Å². The molecule has 0 aromatic heterocycles. The molecule has 2 heteroatoms. The second-order valence-electron chi connectivity index (χ2n) is 4.78. The first kappa shape index (κ1) is 10.1. The molecule has 0 saturated heterocycles. The van der Waals surface area contributed by atoms with Crippen molar-refractivity contribution in [1.29, 1.82) is 0 Å². The third kappa shape index (κ3) is 1.54. The smallest absolute Gasteiger partial charge is 0.0714 e. The lowest BCUT2D eigenvalue weighted by atomic mass is 9.90. The fourth-order valence-corrected chi connectivity index (χ4v) is 2.39. The van der Waals surface area contributed by atoms with E-state index in [9.17, 15) is 0 Å². The van der Waals surface area contributed by atoms with Crippen molar-refractivity contribution in [1.82, 2.24) is 0 Å². The summed E-state index contributed by atoms with van der Waals surface area (Å²) in [6.07, 6.45) is 0. The molecule has 0 aliphatic carbocycles. The summed E-state index contributed by atoms with van der Waals surface area (Å²) >= 11 is 1.93. The minimum Gasteiger partial charge on any atom is -0.275 e. The van der Waals surface area contributed by atoms with Gasteiger partial charge in [-0.1, -0.05) is 13.8 Å². The zero-order chi connectivity index (χ0) is 9.57. The van der Waals surface area contributed by atoms with Crippen molar-refractivity contribution in [3.8, 4) is 0 Å². The summed E-state index contributed by atoms with van der Waals surface area (Å²) in [7, 11) is 0. The van der Waals surface area contributed by atoms with Crippen molar-refractivity contribution in [3.63, 3.8) is 0 Å². The number of nitrogens with zero attached hydrogens (tertiary/aromatic N) is 1. The van der Waals surface area contributed by atoms with Gasteiger partial charge in [0, 0.05) is 10.7 Å². The molecule has 0 aromatic rings. The molecular weight excluding hydrogens is 166 g/mol. The van der Waals surface area contributed by atoms with Crippen molar-refractivity contribution in [3.05, 3.63) is 0 Å². The maximum Gasteiger partial charge on any atom is 0.0714 e. The maximum atomic E-state index is 4.75. The minimum absolute atomic E-state index is 0.0945. The molecular formula is C10H19NS. The van der Waals surface area contributed by atoms with E-state index in [-0.39, 0.29) is 10.3 Å². The van der Waals surface area contributed by atoms with Gasteiger partial charge in [-0.2, -0.15) is 0 Å². The molecule has 70 valence electrons. The third-order valence-electron chi connectivity index (χ3n) is 2.72. The van der Waals surface area contributed by atoms with Crippen LogP contribution in [0.1, 0.15) is 41.5 Å². The van der Waals surface area contributed by atoms with Crippen LogP contribution in [0.15, 0.2) is 4.99 Å². The topological polar surface area (TPSA) is 12.4 Å². The molecule has 0 radical (unpaired) electrons. The van der Waals surface area contributed by atoms with Gasteiger partial charge in [-0.25, -0.2) is 0 Å². The Labute approximate surface area is 80.0 Å².